The number of carbonyl (C=O) groups excluding carboxylic acids is 1. The van der Waals surface area contributed by atoms with Gasteiger partial charge in [0.1, 0.15) is 5.82 Å². The standard InChI is InChI=1S/C14H21FN2O2/c1-10(9-18)3-2-6-17-8-12-7-11(14(16)19)4-5-13(12)15/h4-5,7,10,17-18H,2-3,6,8-9H2,1H3,(H2,16,19). The summed E-state index contributed by atoms with van der Waals surface area (Å²) < 4.78 is 13.5. The van der Waals surface area contributed by atoms with Gasteiger partial charge in [-0.25, -0.2) is 4.39 Å². The first-order valence-electron chi connectivity index (χ1n) is 6.44. The quantitative estimate of drug-likeness (QED) is 0.624. The molecule has 0 saturated carbocycles. The van der Waals surface area contributed by atoms with Gasteiger partial charge in [0.15, 0.2) is 0 Å². The molecule has 0 spiro atoms. The highest BCUT2D eigenvalue weighted by Crippen LogP contribution is 2.10. The number of halogens is 1. The topological polar surface area (TPSA) is 75.3 Å². The molecule has 0 radical (unpaired) electrons. The molecule has 1 rings (SSSR count). The second kappa shape index (κ2) is 7.86. The summed E-state index contributed by atoms with van der Waals surface area (Å²) >= 11 is 0. The van der Waals surface area contributed by atoms with Crippen molar-refractivity contribution in [3.8, 4) is 0 Å². The average molecular weight is 268 g/mol. The van der Waals surface area contributed by atoms with Crippen LogP contribution in [0.15, 0.2) is 18.2 Å². The van der Waals surface area contributed by atoms with E-state index in [4.69, 9.17) is 10.8 Å². The van der Waals surface area contributed by atoms with Crippen LogP contribution in [0.2, 0.25) is 0 Å². The van der Waals surface area contributed by atoms with Gasteiger partial charge in [0.05, 0.1) is 0 Å². The Morgan fingerprint density at radius 3 is 2.89 bits per heavy atom. The largest absolute Gasteiger partial charge is 0.396 e. The van der Waals surface area contributed by atoms with E-state index >= 15 is 0 Å². The highest BCUT2D eigenvalue weighted by atomic mass is 19.1. The van der Waals surface area contributed by atoms with Crippen LogP contribution in [0.25, 0.3) is 0 Å². The first kappa shape index (κ1) is 15.6. The fourth-order valence-corrected chi connectivity index (χ4v) is 1.75. The Bertz CT molecular complexity index is 424. The molecular formula is C14H21FN2O2. The van der Waals surface area contributed by atoms with Crippen molar-refractivity contribution < 1.29 is 14.3 Å². The van der Waals surface area contributed by atoms with Crippen molar-refractivity contribution in [3.63, 3.8) is 0 Å². The summed E-state index contributed by atoms with van der Waals surface area (Å²) in [5.74, 6) is -0.615. The van der Waals surface area contributed by atoms with Crippen LogP contribution in [0.4, 0.5) is 4.39 Å². The number of carbonyl (C=O) groups is 1. The molecule has 106 valence electrons. The highest BCUT2D eigenvalue weighted by Gasteiger charge is 2.07. The molecule has 4 nitrogen and oxygen atoms in total. The second-order valence-electron chi connectivity index (χ2n) is 4.78. The number of amides is 1. The molecule has 19 heavy (non-hydrogen) atoms. The lowest BCUT2D eigenvalue weighted by Gasteiger charge is -2.09. The first-order valence-corrected chi connectivity index (χ1v) is 6.44. The number of primary amides is 1. The molecule has 4 N–H and O–H groups in total. The van der Waals surface area contributed by atoms with Gasteiger partial charge in [-0.15, -0.1) is 0 Å². The van der Waals surface area contributed by atoms with E-state index in [1.165, 1.54) is 18.2 Å². The molecule has 0 heterocycles. The van der Waals surface area contributed by atoms with E-state index in [1.54, 1.807) is 0 Å². The minimum atomic E-state index is -0.557. The van der Waals surface area contributed by atoms with Crippen LogP contribution in [-0.2, 0) is 6.54 Å². The van der Waals surface area contributed by atoms with Gasteiger partial charge in [0.2, 0.25) is 5.91 Å². The number of rotatable bonds is 8. The minimum Gasteiger partial charge on any atom is -0.396 e. The van der Waals surface area contributed by atoms with Gasteiger partial charge in [-0.05, 0) is 43.5 Å². The fraction of sp³-hybridized carbons (Fsp3) is 0.500. The van der Waals surface area contributed by atoms with Crippen molar-refractivity contribution in [3.05, 3.63) is 35.1 Å². The number of aliphatic hydroxyl groups excluding tert-OH is 1. The lowest BCUT2D eigenvalue weighted by atomic mass is 10.1. The lowest BCUT2D eigenvalue weighted by Crippen LogP contribution is -2.18. The van der Waals surface area contributed by atoms with Crippen molar-refractivity contribution in [2.75, 3.05) is 13.2 Å². The van der Waals surface area contributed by atoms with Crippen molar-refractivity contribution in [2.24, 2.45) is 11.7 Å². The minimum absolute atomic E-state index is 0.190. The van der Waals surface area contributed by atoms with E-state index in [9.17, 15) is 9.18 Å². The maximum Gasteiger partial charge on any atom is 0.248 e. The van der Waals surface area contributed by atoms with Crippen LogP contribution in [-0.4, -0.2) is 24.2 Å². The zero-order chi connectivity index (χ0) is 14.3. The number of benzene rings is 1. The molecular weight excluding hydrogens is 247 g/mol. The van der Waals surface area contributed by atoms with E-state index in [2.05, 4.69) is 5.32 Å². The van der Waals surface area contributed by atoms with Gasteiger partial charge < -0.3 is 16.2 Å². The van der Waals surface area contributed by atoms with Crippen molar-refractivity contribution in [1.29, 1.82) is 0 Å². The maximum absolute atomic E-state index is 13.5. The van der Waals surface area contributed by atoms with Crippen LogP contribution >= 0.6 is 0 Å². The van der Waals surface area contributed by atoms with Gasteiger partial charge in [0, 0.05) is 24.3 Å². The van der Waals surface area contributed by atoms with Crippen LogP contribution in [0, 0.1) is 11.7 Å². The zero-order valence-corrected chi connectivity index (χ0v) is 11.2. The summed E-state index contributed by atoms with van der Waals surface area (Å²) in [6, 6.07) is 4.11. The zero-order valence-electron chi connectivity index (χ0n) is 11.2. The summed E-state index contributed by atoms with van der Waals surface area (Å²) in [6.45, 7) is 3.27. The second-order valence-corrected chi connectivity index (χ2v) is 4.78. The fourth-order valence-electron chi connectivity index (χ4n) is 1.75. The summed E-state index contributed by atoms with van der Waals surface area (Å²) in [5, 5.41) is 12.0. The molecule has 1 aromatic rings. The molecule has 0 aliphatic rings. The molecule has 1 atom stereocenters. The maximum atomic E-state index is 13.5. The van der Waals surface area contributed by atoms with Crippen molar-refractivity contribution >= 4 is 5.91 Å². The Labute approximate surface area is 112 Å². The Morgan fingerprint density at radius 2 is 2.26 bits per heavy atom. The molecule has 0 aliphatic heterocycles. The van der Waals surface area contributed by atoms with Crippen LogP contribution in [0.5, 0.6) is 0 Å². The number of nitrogens with two attached hydrogens (primary N) is 1. The smallest absolute Gasteiger partial charge is 0.248 e. The molecule has 1 amide bonds. The molecule has 0 fully saturated rings. The molecule has 1 unspecified atom stereocenters. The molecule has 0 aliphatic carbocycles. The van der Waals surface area contributed by atoms with Crippen molar-refractivity contribution in [1.82, 2.24) is 5.32 Å². The van der Waals surface area contributed by atoms with E-state index in [-0.39, 0.29) is 18.3 Å². The molecule has 1 aromatic carbocycles. The number of hydrogen-bond donors (Lipinski definition) is 3. The van der Waals surface area contributed by atoms with Crippen LogP contribution in [0.1, 0.15) is 35.7 Å². The lowest BCUT2D eigenvalue weighted by molar-refractivity contribution is 0.1000. The Balaban J connectivity index is 2.40. The van der Waals surface area contributed by atoms with Gasteiger partial charge in [0.25, 0.3) is 0 Å². The molecule has 0 bridgehead atoms. The van der Waals surface area contributed by atoms with E-state index < -0.39 is 5.91 Å². The Hall–Kier alpha value is -1.46. The number of hydrogen-bond acceptors (Lipinski definition) is 3. The Morgan fingerprint density at radius 1 is 1.53 bits per heavy atom. The van der Waals surface area contributed by atoms with E-state index in [0.29, 0.717) is 17.7 Å². The SMILES string of the molecule is CC(CO)CCCNCc1cc(C(N)=O)ccc1F. The third-order valence-electron chi connectivity index (χ3n) is 3.01. The monoisotopic (exact) mass is 268 g/mol. The molecule has 5 heteroatoms. The predicted molar refractivity (Wildman–Crippen MR) is 72.1 cm³/mol. The van der Waals surface area contributed by atoms with Gasteiger partial charge in [-0.1, -0.05) is 6.92 Å². The van der Waals surface area contributed by atoms with Gasteiger partial charge in [-0.2, -0.15) is 0 Å². The van der Waals surface area contributed by atoms with Crippen LogP contribution < -0.4 is 11.1 Å². The highest BCUT2D eigenvalue weighted by molar-refractivity contribution is 5.92. The van der Waals surface area contributed by atoms with E-state index in [1.807, 2.05) is 6.92 Å². The van der Waals surface area contributed by atoms with Crippen LogP contribution in [0.3, 0.4) is 0 Å². The molecule has 0 saturated heterocycles. The molecule has 0 aromatic heterocycles. The Kier molecular flexibility index (Phi) is 6.45. The van der Waals surface area contributed by atoms with Crippen molar-refractivity contribution in [2.45, 2.75) is 26.3 Å². The van der Waals surface area contributed by atoms with Gasteiger partial charge >= 0.3 is 0 Å². The first-order chi connectivity index (χ1) is 9.04. The third kappa shape index (κ3) is 5.36. The average Bonchev–Trinajstić information content (AvgIpc) is 2.39. The third-order valence-corrected chi connectivity index (χ3v) is 3.01. The number of nitrogens with one attached hydrogen (secondary N) is 1. The normalized spacial score (nSPS) is 12.4. The summed E-state index contributed by atoms with van der Waals surface area (Å²) in [5.41, 5.74) is 5.90. The summed E-state index contributed by atoms with van der Waals surface area (Å²) in [4.78, 5) is 11.0. The number of aliphatic hydroxyl groups is 1. The van der Waals surface area contributed by atoms with Gasteiger partial charge in [-0.3, -0.25) is 4.79 Å². The summed E-state index contributed by atoms with van der Waals surface area (Å²) in [6.07, 6.45) is 1.84. The summed E-state index contributed by atoms with van der Waals surface area (Å²) in [7, 11) is 0. The van der Waals surface area contributed by atoms with E-state index in [0.717, 1.165) is 19.4 Å². The predicted octanol–water partition coefficient (Wildman–Crippen LogP) is 1.42.